The van der Waals surface area contributed by atoms with E-state index in [0.717, 1.165) is 46.3 Å². The third kappa shape index (κ3) is 1.98. The van der Waals surface area contributed by atoms with Crippen LogP contribution >= 0.6 is 11.6 Å². The number of anilines is 1. The lowest BCUT2D eigenvalue weighted by molar-refractivity contribution is 0.617. The maximum Gasteiger partial charge on any atom is 0.177 e. The van der Waals surface area contributed by atoms with E-state index in [1.807, 2.05) is 42.0 Å². The van der Waals surface area contributed by atoms with Crippen molar-refractivity contribution in [1.29, 1.82) is 0 Å². The molecule has 1 saturated heterocycles. The molecule has 1 aromatic carbocycles. The summed E-state index contributed by atoms with van der Waals surface area (Å²) < 4.78 is 1.91. The standard InChI is InChI=1S/C16H15ClN4/c1-11-9-12(3-4-13(11)17)15-10-18-16-14(20-7-2-8-20)5-6-19-21(15)16/h3-6,9-10H,2,7-8H2,1H3. The first kappa shape index (κ1) is 12.7. The summed E-state index contributed by atoms with van der Waals surface area (Å²) in [4.78, 5) is 6.91. The van der Waals surface area contributed by atoms with E-state index in [0.29, 0.717) is 0 Å². The third-order valence-corrected chi connectivity index (χ3v) is 4.46. The Bertz CT molecular complexity index is 820. The van der Waals surface area contributed by atoms with E-state index in [-0.39, 0.29) is 0 Å². The molecular formula is C16H15ClN4. The van der Waals surface area contributed by atoms with Crippen molar-refractivity contribution in [3.8, 4) is 11.3 Å². The molecule has 0 amide bonds. The molecule has 3 heterocycles. The predicted octanol–water partition coefficient (Wildman–Crippen LogP) is 3.57. The zero-order valence-corrected chi connectivity index (χ0v) is 12.5. The Hall–Kier alpha value is -2.07. The second-order valence-corrected chi connectivity index (χ2v) is 5.81. The quantitative estimate of drug-likeness (QED) is 0.725. The van der Waals surface area contributed by atoms with Crippen molar-refractivity contribution in [2.75, 3.05) is 18.0 Å². The summed E-state index contributed by atoms with van der Waals surface area (Å²) in [6.07, 6.45) is 4.97. The minimum atomic E-state index is 0.779. The van der Waals surface area contributed by atoms with E-state index in [4.69, 9.17) is 11.6 Å². The molecule has 0 bridgehead atoms. The van der Waals surface area contributed by atoms with Gasteiger partial charge in [0.15, 0.2) is 5.65 Å². The Labute approximate surface area is 128 Å². The summed E-state index contributed by atoms with van der Waals surface area (Å²) in [5.74, 6) is 0. The van der Waals surface area contributed by atoms with E-state index in [9.17, 15) is 0 Å². The van der Waals surface area contributed by atoms with Gasteiger partial charge < -0.3 is 4.90 Å². The van der Waals surface area contributed by atoms with E-state index in [1.165, 1.54) is 6.42 Å². The van der Waals surface area contributed by atoms with Gasteiger partial charge in [0.25, 0.3) is 0 Å². The SMILES string of the molecule is Cc1cc(-c2cnc3c(N4CCC4)ccnn23)ccc1Cl. The van der Waals surface area contributed by atoms with Crippen LogP contribution in [0.4, 0.5) is 5.69 Å². The Morgan fingerprint density at radius 3 is 2.76 bits per heavy atom. The van der Waals surface area contributed by atoms with Gasteiger partial charge in [-0.05, 0) is 37.1 Å². The fraction of sp³-hybridized carbons (Fsp3) is 0.250. The number of fused-ring (bicyclic) bond motifs is 1. The Morgan fingerprint density at radius 2 is 2.05 bits per heavy atom. The Kier molecular flexibility index (Phi) is 2.86. The fourth-order valence-electron chi connectivity index (χ4n) is 2.69. The van der Waals surface area contributed by atoms with Crippen LogP contribution in [0.5, 0.6) is 0 Å². The molecule has 1 aliphatic rings. The first-order valence-electron chi connectivity index (χ1n) is 7.08. The average Bonchev–Trinajstić information content (AvgIpc) is 2.85. The largest absolute Gasteiger partial charge is 0.368 e. The molecule has 3 aromatic rings. The normalized spacial score (nSPS) is 14.5. The number of rotatable bonds is 2. The number of aryl methyl sites for hydroxylation is 1. The molecule has 106 valence electrons. The van der Waals surface area contributed by atoms with Gasteiger partial charge in [-0.1, -0.05) is 17.7 Å². The topological polar surface area (TPSA) is 33.4 Å². The van der Waals surface area contributed by atoms with Crippen molar-refractivity contribution in [3.63, 3.8) is 0 Å². The lowest BCUT2D eigenvalue weighted by Gasteiger charge is -2.32. The number of halogens is 1. The third-order valence-electron chi connectivity index (χ3n) is 4.03. The van der Waals surface area contributed by atoms with Crippen molar-refractivity contribution >= 4 is 22.9 Å². The molecule has 0 unspecified atom stereocenters. The first-order chi connectivity index (χ1) is 10.2. The molecule has 2 aromatic heterocycles. The van der Waals surface area contributed by atoms with Crippen LogP contribution in [0, 0.1) is 6.92 Å². The van der Waals surface area contributed by atoms with E-state index in [2.05, 4.69) is 21.0 Å². The molecule has 4 rings (SSSR count). The number of imidazole rings is 1. The summed E-state index contributed by atoms with van der Waals surface area (Å²) in [6.45, 7) is 4.21. The van der Waals surface area contributed by atoms with Gasteiger partial charge in [0.05, 0.1) is 23.8 Å². The van der Waals surface area contributed by atoms with E-state index >= 15 is 0 Å². The second-order valence-electron chi connectivity index (χ2n) is 5.40. The van der Waals surface area contributed by atoms with Gasteiger partial charge in [0.1, 0.15) is 0 Å². The smallest absolute Gasteiger partial charge is 0.177 e. The number of hydrogen-bond donors (Lipinski definition) is 0. The second kappa shape index (κ2) is 4.74. The van der Waals surface area contributed by atoms with Crippen molar-refractivity contribution in [3.05, 3.63) is 47.2 Å². The molecule has 1 aliphatic heterocycles. The summed E-state index contributed by atoms with van der Waals surface area (Å²) in [6, 6.07) is 8.05. The monoisotopic (exact) mass is 298 g/mol. The van der Waals surface area contributed by atoms with Gasteiger partial charge >= 0.3 is 0 Å². The van der Waals surface area contributed by atoms with Gasteiger partial charge in [-0.25, -0.2) is 9.50 Å². The molecule has 5 heteroatoms. The lowest BCUT2D eigenvalue weighted by Crippen LogP contribution is -2.37. The minimum absolute atomic E-state index is 0.779. The summed E-state index contributed by atoms with van der Waals surface area (Å²) in [5, 5.41) is 5.25. The van der Waals surface area contributed by atoms with Gasteiger partial charge in [0, 0.05) is 23.7 Å². The maximum absolute atomic E-state index is 6.11. The molecule has 4 nitrogen and oxygen atoms in total. The zero-order chi connectivity index (χ0) is 14.4. The van der Waals surface area contributed by atoms with Gasteiger partial charge in [0.2, 0.25) is 0 Å². The highest BCUT2D eigenvalue weighted by atomic mass is 35.5. The van der Waals surface area contributed by atoms with Gasteiger partial charge in [-0.3, -0.25) is 0 Å². The summed E-state index contributed by atoms with van der Waals surface area (Å²) >= 11 is 6.11. The van der Waals surface area contributed by atoms with Crippen LogP contribution in [0.15, 0.2) is 36.7 Å². The van der Waals surface area contributed by atoms with Crippen molar-refractivity contribution < 1.29 is 0 Å². The first-order valence-corrected chi connectivity index (χ1v) is 7.46. The molecule has 21 heavy (non-hydrogen) atoms. The number of hydrogen-bond acceptors (Lipinski definition) is 3. The minimum Gasteiger partial charge on any atom is -0.368 e. The average molecular weight is 299 g/mol. The van der Waals surface area contributed by atoms with Crippen LogP contribution in [-0.4, -0.2) is 27.7 Å². The van der Waals surface area contributed by atoms with E-state index < -0.39 is 0 Å². The number of aromatic nitrogens is 3. The van der Waals surface area contributed by atoms with Crippen molar-refractivity contribution in [2.24, 2.45) is 0 Å². The molecular weight excluding hydrogens is 284 g/mol. The zero-order valence-electron chi connectivity index (χ0n) is 11.8. The molecule has 0 atom stereocenters. The summed E-state index contributed by atoms with van der Waals surface area (Å²) in [5.41, 5.74) is 5.21. The van der Waals surface area contributed by atoms with Crippen molar-refractivity contribution in [2.45, 2.75) is 13.3 Å². The molecule has 0 radical (unpaired) electrons. The van der Waals surface area contributed by atoms with Crippen LogP contribution in [0.1, 0.15) is 12.0 Å². The predicted molar refractivity (Wildman–Crippen MR) is 85.0 cm³/mol. The molecule has 0 aliphatic carbocycles. The van der Waals surface area contributed by atoms with E-state index in [1.54, 1.807) is 0 Å². The lowest BCUT2D eigenvalue weighted by atomic mass is 10.1. The van der Waals surface area contributed by atoms with Crippen LogP contribution in [0.2, 0.25) is 5.02 Å². The fourth-order valence-corrected chi connectivity index (χ4v) is 2.80. The van der Waals surface area contributed by atoms with Crippen LogP contribution < -0.4 is 4.90 Å². The van der Waals surface area contributed by atoms with Crippen LogP contribution in [-0.2, 0) is 0 Å². The molecule has 1 fully saturated rings. The number of nitrogens with zero attached hydrogens (tertiary/aromatic N) is 4. The van der Waals surface area contributed by atoms with Crippen molar-refractivity contribution in [1.82, 2.24) is 14.6 Å². The van der Waals surface area contributed by atoms with Crippen LogP contribution in [0.25, 0.3) is 16.9 Å². The number of benzene rings is 1. The van der Waals surface area contributed by atoms with Gasteiger partial charge in [-0.15, -0.1) is 0 Å². The van der Waals surface area contributed by atoms with Gasteiger partial charge in [-0.2, -0.15) is 5.10 Å². The Morgan fingerprint density at radius 1 is 1.19 bits per heavy atom. The molecule has 0 N–H and O–H groups in total. The molecule has 0 spiro atoms. The highest BCUT2D eigenvalue weighted by Gasteiger charge is 2.19. The maximum atomic E-state index is 6.11. The van der Waals surface area contributed by atoms with Crippen LogP contribution in [0.3, 0.4) is 0 Å². The highest BCUT2D eigenvalue weighted by Crippen LogP contribution is 2.29. The summed E-state index contributed by atoms with van der Waals surface area (Å²) in [7, 11) is 0. The Balaban J connectivity index is 1.88. The highest BCUT2D eigenvalue weighted by molar-refractivity contribution is 6.31. The molecule has 0 saturated carbocycles.